The summed E-state index contributed by atoms with van der Waals surface area (Å²) in [6, 6.07) is 17.2. The fourth-order valence-corrected chi connectivity index (χ4v) is 5.88. The second-order valence-corrected chi connectivity index (χ2v) is 9.37. The molecule has 2 bridgehead atoms. The van der Waals surface area contributed by atoms with Gasteiger partial charge in [0.1, 0.15) is 6.54 Å². The first-order valence-corrected chi connectivity index (χ1v) is 10.9. The predicted molar refractivity (Wildman–Crippen MR) is 105 cm³/mol. The number of rotatable bonds is 6. The van der Waals surface area contributed by atoms with Crippen LogP contribution < -0.4 is 9.62 Å². The molecule has 0 spiro atoms. The second kappa shape index (κ2) is 7.35. The number of hydrogen-bond acceptors (Lipinski definition) is 3. The van der Waals surface area contributed by atoms with Crippen LogP contribution in [0.5, 0.6) is 0 Å². The molecule has 2 aliphatic rings. The quantitative estimate of drug-likeness (QED) is 0.832. The molecule has 142 valence electrons. The van der Waals surface area contributed by atoms with Crippen molar-refractivity contribution in [2.75, 3.05) is 10.8 Å². The molecule has 2 fully saturated rings. The van der Waals surface area contributed by atoms with E-state index in [4.69, 9.17) is 0 Å². The summed E-state index contributed by atoms with van der Waals surface area (Å²) in [6.07, 6.45) is 4.64. The molecule has 2 saturated carbocycles. The summed E-state index contributed by atoms with van der Waals surface area (Å²) >= 11 is 0. The number of fused-ring (bicyclic) bond motifs is 2. The van der Waals surface area contributed by atoms with Crippen LogP contribution in [0.3, 0.4) is 0 Å². The topological polar surface area (TPSA) is 66.5 Å². The first-order chi connectivity index (χ1) is 13.0. The van der Waals surface area contributed by atoms with Crippen molar-refractivity contribution in [3.05, 3.63) is 60.7 Å². The Morgan fingerprint density at radius 2 is 1.63 bits per heavy atom. The first kappa shape index (κ1) is 18.0. The first-order valence-electron chi connectivity index (χ1n) is 9.46. The summed E-state index contributed by atoms with van der Waals surface area (Å²) in [4.78, 5) is 12.9. The van der Waals surface area contributed by atoms with E-state index in [0.717, 1.165) is 12.3 Å². The van der Waals surface area contributed by atoms with Gasteiger partial charge in [0.15, 0.2) is 0 Å². The number of para-hydroxylation sites is 1. The zero-order valence-corrected chi connectivity index (χ0v) is 15.9. The fraction of sp³-hybridized carbons (Fsp3) is 0.381. The lowest BCUT2D eigenvalue weighted by atomic mass is 9.95. The number of benzene rings is 2. The van der Waals surface area contributed by atoms with Crippen LogP contribution in [0.15, 0.2) is 65.6 Å². The lowest BCUT2D eigenvalue weighted by Crippen LogP contribution is -2.45. The average Bonchev–Trinajstić information content (AvgIpc) is 3.30. The maximum atomic E-state index is 13.2. The number of nitrogens with zero attached hydrogens (tertiary/aromatic N) is 1. The highest BCUT2D eigenvalue weighted by Crippen LogP contribution is 2.44. The van der Waals surface area contributed by atoms with Gasteiger partial charge in [-0.25, -0.2) is 8.42 Å². The number of anilines is 1. The van der Waals surface area contributed by atoms with Crippen molar-refractivity contribution in [3.8, 4) is 0 Å². The molecule has 0 unspecified atom stereocenters. The number of amides is 1. The Hall–Kier alpha value is -2.34. The lowest BCUT2D eigenvalue weighted by molar-refractivity contribution is -0.120. The van der Waals surface area contributed by atoms with Crippen LogP contribution in [0, 0.1) is 11.8 Å². The maximum Gasteiger partial charge on any atom is 0.264 e. The van der Waals surface area contributed by atoms with E-state index in [0.29, 0.717) is 11.6 Å². The largest absolute Gasteiger partial charge is 0.352 e. The molecule has 5 nitrogen and oxygen atoms in total. The third-order valence-corrected chi connectivity index (χ3v) is 7.54. The molecule has 0 saturated heterocycles. The predicted octanol–water partition coefficient (Wildman–Crippen LogP) is 3.19. The summed E-state index contributed by atoms with van der Waals surface area (Å²) in [5, 5.41) is 3.09. The molecular weight excluding hydrogens is 360 g/mol. The van der Waals surface area contributed by atoms with Gasteiger partial charge in [0, 0.05) is 6.04 Å². The number of carbonyl (C=O) groups excluding carboxylic acids is 1. The Morgan fingerprint density at radius 1 is 0.963 bits per heavy atom. The van der Waals surface area contributed by atoms with Crippen LogP contribution >= 0.6 is 0 Å². The number of nitrogens with one attached hydrogen (secondary N) is 1. The van der Waals surface area contributed by atoms with Crippen LogP contribution in [-0.4, -0.2) is 26.9 Å². The van der Waals surface area contributed by atoms with E-state index in [1.165, 1.54) is 23.6 Å². The van der Waals surface area contributed by atoms with Crippen molar-refractivity contribution >= 4 is 21.6 Å². The van der Waals surface area contributed by atoms with Crippen LogP contribution in [0.2, 0.25) is 0 Å². The summed E-state index contributed by atoms with van der Waals surface area (Å²) < 4.78 is 27.6. The number of carbonyl (C=O) groups is 1. The van der Waals surface area contributed by atoms with Gasteiger partial charge in [0.25, 0.3) is 10.0 Å². The van der Waals surface area contributed by atoms with Crippen LogP contribution in [0.25, 0.3) is 0 Å². The lowest BCUT2D eigenvalue weighted by Gasteiger charge is -2.27. The van der Waals surface area contributed by atoms with Gasteiger partial charge in [-0.1, -0.05) is 42.8 Å². The normalized spacial score (nSPS) is 23.9. The van der Waals surface area contributed by atoms with E-state index in [9.17, 15) is 13.2 Å². The molecule has 6 heteroatoms. The van der Waals surface area contributed by atoms with Gasteiger partial charge in [0.2, 0.25) is 5.91 Å². The zero-order valence-electron chi connectivity index (χ0n) is 15.1. The van der Waals surface area contributed by atoms with E-state index in [1.807, 2.05) is 6.07 Å². The van der Waals surface area contributed by atoms with E-state index >= 15 is 0 Å². The molecule has 4 rings (SSSR count). The van der Waals surface area contributed by atoms with Crippen molar-refractivity contribution in [2.45, 2.75) is 36.6 Å². The van der Waals surface area contributed by atoms with Crippen molar-refractivity contribution in [1.82, 2.24) is 5.32 Å². The van der Waals surface area contributed by atoms with Crippen LogP contribution in [0.4, 0.5) is 5.69 Å². The highest BCUT2D eigenvalue weighted by Gasteiger charge is 2.40. The summed E-state index contributed by atoms with van der Waals surface area (Å²) in [5.41, 5.74) is 0.490. The molecule has 0 aromatic heterocycles. The summed E-state index contributed by atoms with van der Waals surface area (Å²) in [5.74, 6) is 1.03. The van der Waals surface area contributed by atoms with Gasteiger partial charge in [0.05, 0.1) is 10.6 Å². The highest BCUT2D eigenvalue weighted by atomic mass is 32.2. The Bertz CT molecular complexity index is 900. The number of hydrogen-bond donors (Lipinski definition) is 1. The van der Waals surface area contributed by atoms with E-state index in [-0.39, 0.29) is 23.4 Å². The Kier molecular flexibility index (Phi) is 4.91. The smallest absolute Gasteiger partial charge is 0.264 e. The van der Waals surface area contributed by atoms with Crippen molar-refractivity contribution in [2.24, 2.45) is 11.8 Å². The zero-order chi connectivity index (χ0) is 18.9. The van der Waals surface area contributed by atoms with Crippen molar-refractivity contribution in [1.29, 1.82) is 0 Å². The molecule has 2 aromatic carbocycles. The SMILES string of the molecule is O=C(CN(c1ccccc1)S(=O)(=O)c1ccccc1)N[C@@H]1C[C@H]2CC[C@@H]1C2. The summed E-state index contributed by atoms with van der Waals surface area (Å²) in [6.45, 7) is -0.213. The van der Waals surface area contributed by atoms with Crippen LogP contribution in [-0.2, 0) is 14.8 Å². The molecular formula is C21H24N2O3S. The molecule has 3 atom stereocenters. The third kappa shape index (κ3) is 3.72. The van der Waals surface area contributed by atoms with E-state index in [1.54, 1.807) is 54.6 Å². The molecule has 0 aliphatic heterocycles. The van der Waals surface area contributed by atoms with Gasteiger partial charge in [-0.3, -0.25) is 9.10 Å². The Balaban J connectivity index is 1.56. The van der Waals surface area contributed by atoms with Crippen LogP contribution in [0.1, 0.15) is 25.7 Å². The molecule has 2 aliphatic carbocycles. The highest BCUT2D eigenvalue weighted by molar-refractivity contribution is 7.92. The molecule has 0 heterocycles. The summed E-state index contributed by atoms with van der Waals surface area (Å²) in [7, 11) is -3.82. The van der Waals surface area contributed by atoms with E-state index in [2.05, 4.69) is 5.32 Å². The minimum Gasteiger partial charge on any atom is -0.352 e. The number of sulfonamides is 1. The van der Waals surface area contributed by atoms with Gasteiger partial charge >= 0.3 is 0 Å². The Labute approximate surface area is 160 Å². The van der Waals surface area contributed by atoms with Gasteiger partial charge in [-0.2, -0.15) is 0 Å². The maximum absolute atomic E-state index is 13.2. The van der Waals surface area contributed by atoms with Gasteiger partial charge in [-0.15, -0.1) is 0 Å². The second-order valence-electron chi connectivity index (χ2n) is 7.51. The molecule has 2 aromatic rings. The monoisotopic (exact) mass is 384 g/mol. The fourth-order valence-electron chi connectivity index (χ4n) is 4.43. The van der Waals surface area contributed by atoms with Crippen molar-refractivity contribution in [3.63, 3.8) is 0 Å². The molecule has 1 N–H and O–H groups in total. The minimum atomic E-state index is -3.82. The van der Waals surface area contributed by atoms with Gasteiger partial charge in [-0.05, 0) is 55.4 Å². The molecule has 27 heavy (non-hydrogen) atoms. The Morgan fingerprint density at radius 3 is 2.22 bits per heavy atom. The third-order valence-electron chi connectivity index (χ3n) is 5.75. The van der Waals surface area contributed by atoms with E-state index < -0.39 is 10.0 Å². The molecule has 1 amide bonds. The standard InChI is InChI=1S/C21H24N2O3S/c24-21(22-20-14-16-11-12-17(20)13-16)15-23(18-7-3-1-4-8-18)27(25,26)19-9-5-2-6-10-19/h1-10,16-17,20H,11-15H2,(H,22,24)/t16-,17+,20+/m0/s1. The molecule has 0 radical (unpaired) electrons. The van der Waals surface area contributed by atoms with Gasteiger partial charge < -0.3 is 5.32 Å². The van der Waals surface area contributed by atoms with Crippen molar-refractivity contribution < 1.29 is 13.2 Å². The average molecular weight is 385 g/mol. The minimum absolute atomic E-state index is 0.182.